The molecular formula is C19H15F3O3. The molecule has 0 aromatic heterocycles. The molecule has 0 heterocycles. The van der Waals surface area contributed by atoms with E-state index in [1.165, 1.54) is 25.3 Å². The first-order valence-electron chi connectivity index (χ1n) is 7.24. The molecule has 0 radical (unpaired) electrons. The van der Waals surface area contributed by atoms with Crippen molar-refractivity contribution in [1.29, 1.82) is 0 Å². The molecule has 3 nitrogen and oxygen atoms in total. The Labute approximate surface area is 142 Å². The van der Waals surface area contributed by atoms with Gasteiger partial charge < -0.3 is 9.84 Å². The summed E-state index contributed by atoms with van der Waals surface area (Å²) in [7, 11) is 1.53. The Bertz CT molecular complexity index is 786. The van der Waals surface area contributed by atoms with Crippen molar-refractivity contribution in [3.05, 3.63) is 83.4 Å². The van der Waals surface area contributed by atoms with E-state index in [2.05, 4.69) is 0 Å². The molecule has 0 unspecified atom stereocenters. The van der Waals surface area contributed by atoms with E-state index in [0.717, 1.165) is 23.8 Å². The lowest BCUT2D eigenvalue weighted by Crippen LogP contribution is -2.04. The molecule has 0 spiro atoms. The van der Waals surface area contributed by atoms with Crippen molar-refractivity contribution in [2.75, 3.05) is 7.11 Å². The van der Waals surface area contributed by atoms with Crippen LogP contribution >= 0.6 is 0 Å². The molecule has 0 saturated carbocycles. The zero-order chi connectivity index (χ0) is 18.4. The Morgan fingerprint density at radius 3 is 1.96 bits per heavy atom. The van der Waals surface area contributed by atoms with Gasteiger partial charge in [0, 0.05) is 6.08 Å². The van der Waals surface area contributed by atoms with Crippen molar-refractivity contribution in [3.8, 4) is 5.75 Å². The first-order chi connectivity index (χ1) is 11.8. The lowest BCUT2D eigenvalue weighted by molar-refractivity contribution is -0.137. The third kappa shape index (κ3) is 4.97. The summed E-state index contributed by atoms with van der Waals surface area (Å²) in [6.07, 6.45) is -0.586. The van der Waals surface area contributed by atoms with Gasteiger partial charge in [-0.3, -0.25) is 0 Å². The van der Waals surface area contributed by atoms with Gasteiger partial charge >= 0.3 is 12.1 Å². The number of carboxylic acids is 1. The predicted octanol–water partition coefficient (Wildman–Crippen LogP) is 4.79. The van der Waals surface area contributed by atoms with Crippen LogP contribution in [-0.2, 0) is 11.0 Å². The number of hydrogen-bond donors (Lipinski definition) is 1. The summed E-state index contributed by atoms with van der Waals surface area (Å²) in [6, 6.07) is 11.6. The van der Waals surface area contributed by atoms with Gasteiger partial charge in [0.2, 0.25) is 0 Å². The summed E-state index contributed by atoms with van der Waals surface area (Å²) < 4.78 is 43.2. The zero-order valence-corrected chi connectivity index (χ0v) is 13.2. The third-order valence-corrected chi connectivity index (χ3v) is 3.43. The van der Waals surface area contributed by atoms with Crippen LogP contribution in [0.4, 0.5) is 13.2 Å². The van der Waals surface area contributed by atoms with E-state index in [-0.39, 0.29) is 0 Å². The molecule has 2 aromatic carbocycles. The number of allylic oxidation sites excluding steroid dienone is 2. The highest BCUT2D eigenvalue weighted by atomic mass is 19.4. The van der Waals surface area contributed by atoms with E-state index in [0.29, 0.717) is 16.9 Å². The minimum Gasteiger partial charge on any atom is -0.497 e. The molecule has 0 aliphatic rings. The van der Waals surface area contributed by atoms with E-state index in [1.807, 2.05) is 0 Å². The number of carboxylic acid groups (broad SMARTS) is 1. The maximum Gasteiger partial charge on any atom is 0.416 e. The molecule has 2 rings (SSSR count). The summed E-state index contributed by atoms with van der Waals surface area (Å²) >= 11 is 0. The largest absolute Gasteiger partial charge is 0.497 e. The molecule has 0 atom stereocenters. The Balaban J connectivity index is 2.45. The zero-order valence-electron chi connectivity index (χ0n) is 13.2. The Hall–Kier alpha value is -3.02. The van der Waals surface area contributed by atoms with Crippen LogP contribution in [0.3, 0.4) is 0 Å². The highest BCUT2D eigenvalue weighted by Crippen LogP contribution is 2.31. The van der Waals surface area contributed by atoms with Crippen LogP contribution in [-0.4, -0.2) is 18.2 Å². The summed E-state index contributed by atoms with van der Waals surface area (Å²) in [4.78, 5) is 10.6. The minimum atomic E-state index is -4.41. The van der Waals surface area contributed by atoms with E-state index < -0.39 is 17.7 Å². The van der Waals surface area contributed by atoms with E-state index in [1.54, 1.807) is 30.3 Å². The average Bonchev–Trinajstić information content (AvgIpc) is 2.58. The number of alkyl halides is 3. The second kappa shape index (κ2) is 7.70. The molecule has 0 saturated heterocycles. The fourth-order valence-corrected chi connectivity index (χ4v) is 2.20. The topological polar surface area (TPSA) is 46.5 Å². The smallest absolute Gasteiger partial charge is 0.416 e. The van der Waals surface area contributed by atoms with Gasteiger partial charge in [-0.25, -0.2) is 4.79 Å². The maximum absolute atomic E-state index is 12.7. The van der Waals surface area contributed by atoms with E-state index >= 15 is 0 Å². The van der Waals surface area contributed by atoms with Gasteiger partial charge in [-0.15, -0.1) is 0 Å². The minimum absolute atomic E-state index is 0.535. The fraction of sp³-hybridized carbons (Fsp3) is 0.105. The highest BCUT2D eigenvalue weighted by Gasteiger charge is 2.30. The molecule has 1 N–H and O–H groups in total. The second-order valence-corrected chi connectivity index (χ2v) is 5.08. The predicted molar refractivity (Wildman–Crippen MR) is 88.3 cm³/mol. The van der Waals surface area contributed by atoms with E-state index in [9.17, 15) is 18.0 Å². The standard InChI is InChI=1S/C19H15F3O3/c1-25-16-11-7-14(8-12-16)17(3-2-4-18(23)24)13-5-9-15(10-6-13)19(20,21)22/h2-12H,1H3,(H,23,24)/b4-2+,17-3+. The van der Waals surface area contributed by atoms with Crippen molar-refractivity contribution < 1.29 is 27.8 Å². The van der Waals surface area contributed by atoms with Gasteiger partial charge in [0.15, 0.2) is 0 Å². The van der Waals surface area contributed by atoms with Crippen molar-refractivity contribution in [3.63, 3.8) is 0 Å². The van der Waals surface area contributed by atoms with Crippen molar-refractivity contribution in [2.45, 2.75) is 6.18 Å². The number of benzene rings is 2. The Morgan fingerprint density at radius 1 is 1.00 bits per heavy atom. The quantitative estimate of drug-likeness (QED) is 0.624. The molecule has 0 bridgehead atoms. The SMILES string of the molecule is COc1ccc(/C(=C/C=C/C(=O)O)c2ccc(C(F)(F)F)cc2)cc1. The summed E-state index contributed by atoms with van der Waals surface area (Å²) in [6.45, 7) is 0. The molecule has 0 aliphatic carbocycles. The van der Waals surface area contributed by atoms with Crippen LogP contribution in [0, 0.1) is 0 Å². The van der Waals surface area contributed by atoms with Gasteiger partial charge in [-0.2, -0.15) is 13.2 Å². The van der Waals surface area contributed by atoms with Crippen molar-refractivity contribution in [1.82, 2.24) is 0 Å². The van der Waals surface area contributed by atoms with Crippen molar-refractivity contribution >= 4 is 11.5 Å². The van der Waals surface area contributed by atoms with Crippen LogP contribution in [0.25, 0.3) is 5.57 Å². The molecule has 6 heteroatoms. The summed E-state index contributed by atoms with van der Waals surface area (Å²) in [5.74, 6) is -0.477. The lowest BCUT2D eigenvalue weighted by atomic mass is 9.96. The van der Waals surface area contributed by atoms with E-state index in [4.69, 9.17) is 9.84 Å². The Morgan fingerprint density at radius 2 is 1.52 bits per heavy atom. The monoisotopic (exact) mass is 348 g/mol. The molecule has 0 fully saturated rings. The fourth-order valence-electron chi connectivity index (χ4n) is 2.20. The van der Waals surface area contributed by atoms with Crippen molar-refractivity contribution in [2.24, 2.45) is 0 Å². The maximum atomic E-state index is 12.7. The molecule has 2 aromatic rings. The summed E-state index contributed by atoms with van der Waals surface area (Å²) in [5, 5.41) is 8.70. The molecule has 25 heavy (non-hydrogen) atoms. The number of methoxy groups -OCH3 is 1. The van der Waals surface area contributed by atoms with Gasteiger partial charge in [-0.05, 0) is 41.0 Å². The number of ether oxygens (including phenoxy) is 1. The number of aliphatic carboxylic acids is 1. The first-order valence-corrected chi connectivity index (χ1v) is 7.24. The van der Waals surface area contributed by atoms with Crippen LogP contribution in [0.1, 0.15) is 16.7 Å². The lowest BCUT2D eigenvalue weighted by Gasteiger charge is -2.11. The van der Waals surface area contributed by atoms with Crippen LogP contribution in [0.2, 0.25) is 0 Å². The molecular weight excluding hydrogens is 333 g/mol. The highest BCUT2D eigenvalue weighted by molar-refractivity contribution is 5.84. The molecule has 130 valence electrons. The van der Waals surface area contributed by atoms with Gasteiger partial charge in [-0.1, -0.05) is 36.4 Å². The van der Waals surface area contributed by atoms with Gasteiger partial charge in [0.05, 0.1) is 12.7 Å². The normalized spacial score (nSPS) is 12.4. The second-order valence-electron chi connectivity index (χ2n) is 5.08. The number of rotatable bonds is 5. The Kier molecular flexibility index (Phi) is 5.64. The molecule has 0 amide bonds. The molecule has 0 aliphatic heterocycles. The van der Waals surface area contributed by atoms with Gasteiger partial charge in [0.1, 0.15) is 5.75 Å². The summed E-state index contributed by atoms with van der Waals surface area (Å²) in [5.41, 5.74) is 1.10. The first kappa shape index (κ1) is 18.3. The average molecular weight is 348 g/mol. The number of hydrogen-bond acceptors (Lipinski definition) is 2. The van der Waals surface area contributed by atoms with Crippen LogP contribution < -0.4 is 4.74 Å². The van der Waals surface area contributed by atoms with Crippen LogP contribution in [0.15, 0.2) is 66.8 Å². The third-order valence-electron chi connectivity index (χ3n) is 3.43. The van der Waals surface area contributed by atoms with Crippen LogP contribution in [0.5, 0.6) is 5.75 Å². The number of halogens is 3. The number of carbonyl (C=O) groups is 1. The van der Waals surface area contributed by atoms with Gasteiger partial charge in [0.25, 0.3) is 0 Å².